The molecule has 182 valence electrons. The molecule has 7 rings (SSSR count). The minimum atomic E-state index is 0. The molecule has 2 N–H and O–H groups in total. The average Bonchev–Trinajstić information content (AvgIpc) is 3.79. The van der Waals surface area contributed by atoms with E-state index >= 15 is 0 Å². The molecule has 1 aliphatic heterocycles. The first kappa shape index (κ1) is 23.9. The first-order valence-electron chi connectivity index (χ1n) is 11.8. The van der Waals surface area contributed by atoms with Crippen LogP contribution in [-0.4, -0.2) is 49.3 Å². The van der Waals surface area contributed by atoms with E-state index in [2.05, 4.69) is 37.6 Å². The number of aromatic amines is 1. The maximum Gasteiger partial charge on any atom is 0.233 e. The van der Waals surface area contributed by atoms with Crippen LogP contribution in [0.2, 0.25) is 0 Å². The van der Waals surface area contributed by atoms with Crippen LogP contribution in [0.25, 0.3) is 33.5 Å². The Morgan fingerprint density at radius 1 is 0.914 bits per heavy atom. The van der Waals surface area contributed by atoms with E-state index in [0.29, 0.717) is 22.9 Å². The molecule has 35 heavy (non-hydrogen) atoms. The summed E-state index contributed by atoms with van der Waals surface area (Å²) in [6, 6.07) is 6.20. The topological polar surface area (TPSA) is 102 Å². The fourth-order valence-corrected chi connectivity index (χ4v) is 4.98. The monoisotopic (exact) mass is 511 g/mol. The number of hydrogen-bond donors (Lipinski definition) is 2. The van der Waals surface area contributed by atoms with Crippen molar-refractivity contribution in [2.75, 3.05) is 13.1 Å². The molecule has 2 aliphatic carbocycles. The molecule has 1 spiro atoms. The summed E-state index contributed by atoms with van der Waals surface area (Å²) in [5.41, 5.74) is 5.72. The van der Waals surface area contributed by atoms with Gasteiger partial charge in [-0.15, -0.1) is 24.8 Å². The van der Waals surface area contributed by atoms with Gasteiger partial charge in [-0.2, -0.15) is 5.10 Å². The summed E-state index contributed by atoms with van der Waals surface area (Å²) < 4.78 is 6.33. The van der Waals surface area contributed by atoms with Gasteiger partial charge in [-0.05, 0) is 50.8 Å². The lowest BCUT2D eigenvalue weighted by molar-refractivity contribution is 0.0844. The Balaban J connectivity index is 0.00000127. The van der Waals surface area contributed by atoms with Crippen LogP contribution in [-0.2, 0) is 0 Å². The van der Waals surface area contributed by atoms with Gasteiger partial charge >= 0.3 is 0 Å². The first-order chi connectivity index (χ1) is 16.3. The van der Waals surface area contributed by atoms with Crippen molar-refractivity contribution in [2.24, 2.45) is 5.41 Å². The number of rotatable bonds is 5. The maximum absolute atomic E-state index is 6.33. The van der Waals surface area contributed by atoms with Gasteiger partial charge in [0.15, 0.2) is 0 Å². The highest BCUT2D eigenvalue weighted by Gasteiger charge is 2.52. The van der Waals surface area contributed by atoms with E-state index in [-0.39, 0.29) is 30.9 Å². The highest BCUT2D eigenvalue weighted by atomic mass is 35.5. The molecule has 1 atom stereocenters. The fraction of sp³-hybridized carbons (Fsp3) is 0.400. The Kier molecular flexibility index (Phi) is 6.38. The summed E-state index contributed by atoms with van der Waals surface area (Å²) >= 11 is 0. The number of aromatic nitrogens is 6. The third-order valence-electron chi connectivity index (χ3n) is 7.33. The lowest BCUT2D eigenvalue weighted by Gasteiger charge is -2.32. The number of nitrogens with one attached hydrogen (secondary N) is 2. The van der Waals surface area contributed by atoms with E-state index in [0.717, 1.165) is 46.6 Å². The standard InChI is InChI=1S/C25H25N7O.2ClH/c1-2-15(1)19-10-27-11-20(29-19)16-3-4-18-17(9-16)24(32-31-18)21-12-28-14-23(30-21)33-22-13-26-8-7-25(22)5-6-25;;/h3-4,9-12,14-15,22,26H,1-2,5-8,13H2,(H,31,32);2*1H/t22-;;/m0../s1. The Hall–Kier alpha value is -2.81. The number of benzene rings is 1. The summed E-state index contributed by atoms with van der Waals surface area (Å²) in [5.74, 6) is 1.13. The van der Waals surface area contributed by atoms with Gasteiger partial charge in [0.2, 0.25) is 5.88 Å². The maximum atomic E-state index is 6.33. The minimum absolute atomic E-state index is 0. The van der Waals surface area contributed by atoms with Gasteiger partial charge in [0.05, 0.1) is 35.5 Å². The molecule has 3 aliphatic rings. The molecule has 3 fully saturated rings. The molecule has 1 aromatic carbocycles. The van der Waals surface area contributed by atoms with E-state index in [1.54, 1.807) is 12.4 Å². The van der Waals surface area contributed by atoms with E-state index < -0.39 is 0 Å². The summed E-state index contributed by atoms with van der Waals surface area (Å²) in [7, 11) is 0. The molecular formula is C25H27Cl2N7O. The number of H-pyrrole nitrogens is 1. The van der Waals surface area contributed by atoms with Crippen molar-refractivity contribution in [3.63, 3.8) is 0 Å². The molecule has 4 aromatic rings. The van der Waals surface area contributed by atoms with E-state index in [4.69, 9.17) is 14.7 Å². The Bertz CT molecular complexity index is 1350. The minimum Gasteiger partial charge on any atom is -0.471 e. The Morgan fingerprint density at radius 3 is 2.57 bits per heavy atom. The first-order valence-corrected chi connectivity index (χ1v) is 11.8. The van der Waals surface area contributed by atoms with Gasteiger partial charge in [-0.3, -0.25) is 15.1 Å². The molecule has 8 nitrogen and oxygen atoms in total. The summed E-state index contributed by atoms with van der Waals surface area (Å²) in [6.07, 6.45) is 13.4. The van der Waals surface area contributed by atoms with Crippen LogP contribution in [0.4, 0.5) is 0 Å². The predicted octanol–water partition coefficient (Wildman–Crippen LogP) is 4.72. The Labute approximate surface area is 215 Å². The van der Waals surface area contributed by atoms with Gasteiger partial charge in [0.25, 0.3) is 0 Å². The molecule has 0 unspecified atom stereocenters. The fourth-order valence-electron chi connectivity index (χ4n) is 4.98. The third kappa shape index (κ3) is 4.46. The zero-order valence-electron chi connectivity index (χ0n) is 19.1. The number of nitrogens with zero attached hydrogens (tertiary/aromatic N) is 5. The lowest BCUT2D eigenvalue weighted by atomic mass is 9.92. The van der Waals surface area contributed by atoms with Crippen LogP contribution in [0.15, 0.2) is 43.0 Å². The second-order valence-corrected chi connectivity index (χ2v) is 9.60. The summed E-state index contributed by atoms with van der Waals surface area (Å²) in [4.78, 5) is 18.5. The number of halogens is 2. The highest BCUT2D eigenvalue weighted by molar-refractivity contribution is 5.94. The molecule has 4 heterocycles. The molecule has 0 radical (unpaired) electrons. The molecule has 3 aromatic heterocycles. The van der Waals surface area contributed by atoms with Gasteiger partial charge < -0.3 is 10.1 Å². The Morgan fingerprint density at radius 2 is 1.74 bits per heavy atom. The van der Waals surface area contributed by atoms with Gasteiger partial charge in [0, 0.05) is 35.0 Å². The number of fused-ring (bicyclic) bond motifs is 1. The normalized spacial score (nSPS) is 20.2. The van der Waals surface area contributed by atoms with Crippen LogP contribution in [0, 0.1) is 5.41 Å². The van der Waals surface area contributed by atoms with E-state index in [9.17, 15) is 0 Å². The highest BCUT2D eigenvalue weighted by Crippen LogP contribution is 2.53. The average molecular weight is 512 g/mol. The lowest BCUT2D eigenvalue weighted by Crippen LogP contribution is -2.45. The van der Waals surface area contributed by atoms with Crippen molar-refractivity contribution in [3.8, 4) is 28.5 Å². The second-order valence-electron chi connectivity index (χ2n) is 9.60. The van der Waals surface area contributed by atoms with E-state index in [1.165, 1.54) is 32.1 Å². The van der Waals surface area contributed by atoms with Crippen molar-refractivity contribution >= 4 is 35.7 Å². The third-order valence-corrected chi connectivity index (χ3v) is 7.33. The SMILES string of the molecule is Cl.Cl.c1cc2[nH]nc(-c3cncc(O[C@H]4CNCCC45CC5)n3)c2cc1-c1cncc(C2CC2)n1. The zero-order valence-corrected chi connectivity index (χ0v) is 20.7. The van der Waals surface area contributed by atoms with Crippen molar-refractivity contribution in [3.05, 3.63) is 48.7 Å². The smallest absolute Gasteiger partial charge is 0.233 e. The predicted molar refractivity (Wildman–Crippen MR) is 138 cm³/mol. The van der Waals surface area contributed by atoms with E-state index in [1.807, 2.05) is 18.5 Å². The van der Waals surface area contributed by atoms with Gasteiger partial charge in [-0.1, -0.05) is 6.07 Å². The van der Waals surface area contributed by atoms with Crippen molar-refractivity contribution in [2.45, 2.75) is 44.1 Å². The summed E-state index contributed by atoms with van der Waals surface area (Å²) in [5, 5.41) is 12.1. The van der Waals surface area contributed by atoms with Crippen molar-refractivity contribution in [1.82, 2.24) is 35.5 Å². The second kappa shape index (κ2) is 9.33. The zero-order chi connectivity index (χ0) is 21.8. The molecule has 10 heteroatoms. The van der Waals surface area contributed by atoms with Crippen LogP contribution >= 0.6 is 24.8 Å². The molecule has 0 amide bonds. The quantitative estimate of drug-likeness (QED) is 0.399. The van der Waals surface area contributed by atoms with Gasteiger partial charge in [-0.25, -0.2) is 9.97 Å². The molecule has 1 saturated heterocycles. The van der Waals surface area contributed by atoms with Gasteiger partial charge in [0.1, 0.15) is 17.5 Å². The van der Waals surface area contributed by atoms with Crippen LogP contribution < -0.4 is 10.1 Å². The van der Waals surface area contributed by atoms with Crippen molar-refractivity contribution < 1.29 is 4.74 Å². The summed E-state index contributed by atoms with van der Waals surface area (Å²) in [6.45, 7) is 1.93. The number of hydrogen-bond acceptors (Lipinski definition) is 7. The van der Waals surface area contributed by atoms with Crippen LogP contribution in [0.1, 0.15) is 43.7 Å². The number of ether oxygens (including phenoxy) is 1. The van der Waals surface area contributed by atoms with Crippen molar-refractivity contribution in [1.29, 1.82) is 0 Å². The molecule has 0 bridgehead atoms. The molecule has 2 saturated carbocycles. The largest absolute Gasteiger partial charge is 0.471 e. The van der Waals surface area contributed by atoms with Crippen LogP contribution in [0.5, 0.6) is 5.88 Å². The van der Waals surface area contributed by atoms with Crippen LogP contribution in [0.3, 0.4) is 0 Å². The number of piperidine rings is 1. The molecular weight excluding hydrogens is 485 g/mol.